The van der Waals surface area contributed by atoms with E-state index in [1.54, 1.807) is 18.2 Å². The van der Waals surface area contributed by atoms with Crippen LogP contribution in [0.1, 0.15) is 24.5 Å². The standard InChI is InChI=1S/C21H26N2O5S/c1-14-7-6-8-15(2)19(14)23-12-11-21(3,29(23,25)26)20(24)22-17-10-9-16(27-4)13-18(17)28-5/h6-10,13H,11-12H2,1-5H3,(H,22,24). The molecule has 29 heavy (non-hydrogen) atoms. The van der Waals surface area contributed by atoms with Crippen LogP contribution in [-0.4, -0.2) is 39.8 Å². The van der Waals surface area contributed by atoms with Gasteiger partial charge in [0, 0.05) is 12.6 Å². The van der Waals surface area contributed by atoms with Crippen LogP contribution in [0, 0.1) is 13.8 Å². The SMILES string of the molecule is COc1ccc(NC(=O)C2(C)CCN(c3c(C)cccc3C)S2(=O)=O)c(OC)c1. The molecule has 2 aromatic carbocycles. The van der Waals surface area contributed by atoms with E-state index < -0.39 is 20.7 Å². The number of benzene rings is 2. The molecule has 1 heterocycles. The van der Waals surface area contributed by atoms with Gasteiger partial charge < -0.3 is 14.8 Å². The fourth-order valence-electron chi connectivity index (χ4n) is 3.63. The van der Waals surface area contributed by atoms with Gasteiger partial charge in [0.05, 0.1) is 25.6 Å². The summed E-state index contributed by atoms with van der Waals surface area (Å²) in [5.74, 6) is 0.374. The van der Waals surface area contributed by atoms with Crippen molar-refractivity contribution in [3.8, 4) is 11.5 Å². The van der Waals surface area contributed by atoms with Gasteiger partial charge in [0.2, 0.25) is 15.9 Å². The van der Waals surface area contributed by atoms with Gasteiger partial charge in [0.1, 0.15) is 11.5 Å². The Morgan fingerprint density at radius 2 is 1.76 bits per heavy atom. The van der Waals surface area contributed by atoms with Crippen LogP contribution >= 0.6 is 0 Å². The molecule has 1 unspecified atom stereocenters. The first kappa shape index (κ1) is 21.0. The second-order valence-corrected chi connectivity index (χ2v) is 9.61. The zero-order chi connectivity index (χ0) is 21.4. The number of carbonyl (C=O) groups is 1. The molecule has 0 aromatic heterocycles. The number of ether oxygens (including phenoxy) is 2. The molecule has 1 N–H and O–H groups in total. The Balaban J connectivity index is 1.94. The van der Waals surface area contributed by atoms with Crippen molar-refractivity contribution < 1.29 is 22.7 Å². The first-order valence-electron chi connectivity index (χ1n) is 9.27. The third kappa shape index (κ3) is 3.42. The van der Waals surface area contributed by atoms with E-state index in [1.165, 1.54) is 25.4 Å². The summed E-state index contributed by atoms with van der Waals surface area (Å²) in [6.07, 6.45) is 0.188. The maximum absolute atomic E-state index is 13.4. The maximum atomic E-state index is 13.4. The van der Waals surface area contributed by atoms with Crippen molar-refractivity contribution in [3.05, 3.63) is 47.5 Å². The number of nitrogens with one attached hydrogen (secondary N) is 1. The first-order chi connectivity index (χ1) is 13.7. The lowest BCUT2D eigenvalue weighted by atomic mass is 10.0. The lowest BCUT2D eigenvalue weighted by Gasteiger charge is -2.27. The van der Waals surface area contributed by atoms with Crippen LogP contribution in [0.2, 0.25) is 0 Å². The average molecular weight is 419 g/mol. The fraction of sp³-hybridized carbons (Fsp3) is 0.381. The Morgan fingerprint density at radius 1 is 1.10 bits per heavy atom. The summed E-state index contributed by atoms with van der Waals surface area (Å²) in [4.78, 5) is 13.1. The second-order valence-electron chi connectivity index (χ2n) is 7.32. The molecule has 1 aliphatic rings. The van der Waals surface area contributed by atoms with Crippen molar-refractivity contribution in [1.82, 2.24) is 0 Å². The summed E-state index contributed by atoms with van der Waals surface area (Å²) in [6.45, 7) is 5.46. The molecule has 1 saturated heterocycles. The predicted molar refractivity (Wildman–Crippen MR) is 113 cm³/mol. The van der Waals surface area contributed by atoms with Crippen LogP contribution in [-0.2, 0) is 14.8 Å². The van der Waals surface area contributed by atoms with E-state index in [1.807, 2.05) is 32.0 Å². The third-order valence-corrected chi connectivity index (χ3v) is 7.95. The molecule has 3 rings (SSSR count). The molecule has 1 aliphatic heterocycles. The van der Waals surface area contributed by atoms with Gasteiger partial charge in [-0.2, -0.15) is 0 Å². The highest BCUT2D eigenvalue weighted by molar-refractivity contribution is 7.95. The fourth-order valence-corrected chi connectivity index (χ4v) is 5.61. The van der Waals surface area contributed by atoms with Gasteiger partial charge in [-0.3, -0.25) is 9.10 Å². The van der Waals surface area contributed by atoms with E-state index in [0.717, 1.165) is 11.1 Å². The average Bonchev–Trinajstić information content (AvgIpc) is 2.93. The van der Waals surface area contributed by atoms with Crippen LogP contribution in [0.5, 0.6) is 11.5 Å². The number of methoxy groups -OCH3 is 2. The summed E-state index contributed by atoms with van der Waals surface area (Å²) >= 11 is 0. The number of rotatable bonds is 5. The normalized spacial score (nSPS) is 20.4. The molecule has 0 spiro atoms. The highest BCUT2D eigenvalue weighted by atomic mass is 32.2. The van der Waals surface area contributed by atoms with Crippen molar-refractivity contribution >= 4 is 27.3 Å². The number of hydrogen-bond donors (Lipinski definition) is 1. The van der Waals surface area contributed by atoms with Gasteiger partial charge in [-0.25, -0.2) is 8.42 Å². The molecule has 1 atom stereocenters. The van der Waals surface area contributed by atoms with Crippen molar-refractivity contribution in [2.45, 2.75) is 31.9 Å². The molecular formula is C21H26N2O5S. The van der Waals surface area contributed by atoms with Crippen LogP contribution in [0.15, 0.2) is 36.4 Å². The highest BCUT2D eigenvalue weighted by Crippen LogP contribution is 2.40. The van der Waals surface area contributed by atoms with E-state index in [4.69, 9.17) is 9.47 Å². The second kappa shape index (κ2) is 7.59. The first-order valence-corrected chi connectivity index (χ1v) is 10.7. The van der Waals surface area contributed by atoms with Gasteiger partial charge in [-0.05, 0) is 50.5 Å². The minimum atomic E-state index is -3.92. The van der Waals surface area contributed by atoms with Crippen LogP contribution in [0.25, 0.3) is 0 Å². The molecule has 0 saturated carbocycles. The number of amides is 1. The summed E-state index contributed by atoms with van der Waals surface area (Å²) in [6, 6.07) is 10.6. The van der Waals surface area contributed by atoms with Crippen LogP contribution in [0.4, 0.5) is 11.4 Å². The monoisotopic (exact) mass is 418 g/mol. The van der Waals surface area contributed by atoms with Crippen LogP contribution < -0.4 is 19.1 Å². The number of aryl methyl sites for hydroxylation is 2. The van der Waals surface area contributed by atoms with Crippen molar-refractivity contribution in [1.29, 1.82) is 0 Å². The summed E-state index contributed by atoms with van der Waals surface area (Å²) in [7, 11) is -0.919. The van der Waals surface area contributed by atoms with Gasteiger partial charge in [-0.15, -0.1) is 0 Å². The van der Waals surface area contributed by atoms with E-state index >= 15 is 0 Å². The molecular weight excluding hydrogens is 392 g/mol. The Hall–Kier alpha value is -2.74. The van der Waals surface area contributed by atoms with E-state index in [0.29, 0.717) is 22.9 Å². The number of anilines is 2. The van der Waals surface area contributed by atoms with Crippen molar-refractivity contribution in [2.24, 2.45) is 0 Å². The minimum Gasteiger partial charge on any atom is -0.497 e. The van der Waals surface area contributed by atoms with Gasteiger partial charge in [0.15, 0.2) is 4.75 Å². The Morgan fingerprint density at radius 3 is 2.34 bits per heavy atom. The van der Waals surface area contributed by atoms with Crippen molar-refractivity contribution in [2.75, 3.05) is 30.4 Å². The van der Waals surface area contributed by atoms with E-state index in [-0.39, 0.29) is 13.0 Å². The van der Waals surface area contributed by atoms with Crippen molar-refractivity contribution in [3.63, 3.8) is 0 Å². The lowest BCUT2D eigenvalue weighted by Crippen LogP contribution is -2.47. The molecule has 0 aliphatic carbocycles. The summed E-state index contributed by atoms with van der Waals surface area (Å²) in [5.41, 5.74) is 2.75. The third-order valence-electron chi connectivity index (χ3n) is 5.48. The molecule has 156 valence electrons. The van der Waals surface area contributed by atoms with Gasteiger partial charge in [-0.1, -0.05) is 18.2 Å². The van der Waals surface area contributed by atoms with Gasteiger partial charge in [0.25, 0.3) is 0 Å². The largest absolute Gasteiger partial charge is 0.497 e. The molecule has 8 heteroatoms. The molecule has 0 radical (unpaired) electrons. The number of carbonyl (C=O) groups excluding carboxylic acids is 1. The number of nitrogens with zero attached hydrogens (tertiary/aromatic N) is 1. The maximum Gasteiger partial charge on any atom is 0.249 e. The Kier molecular flexibility index (Phi) is 5.49. The number of hydrogen-bond acceptors (Lipinski definition) is 5. The predicted octanol–water partition coefficient (Wildman–Crippen LogP) is 3.26. The van der Waals surface area contributed by atoms with E-state index in [9.17, 15) is 13.2 Å². The molecule has 1 fully saturated rings. The smallest absolute Gasteiger partial charge is 0.249 e. The Bertz CT molecular complexity index is 1030. The lowest BCUT2D eigenvalue weighted by molar-refractivity contribution is -0.118. The number of para-hydroxylation sites is 1. The molecule has 1 amide bonds. The summed E-state index contributed by atoms with van der Waals surface area (Å²) in [5, 5.41) is 2.73. The highest BCUT2D eigenvalue weighted by Gasteiger charge is 2.55. The topological polar surface area (TPSA) is 84.9 Å². The molecule has 0 bridgehead atoms. The molecule has 7 nitrogen and oxygen atoms in total. The summed E-state index contributed by atoms with van der Waals surface area (Å²) < 4.78 is 37.1. The van der Waals surface area contributed by atoms with E-state index in [2.05, 4.69) is 5.32 Å². The van der Waals surface area contributed by atoms with Gasteiger partial charge >= 0.3 is 0 Å². The quantitative estimate of drug-likeness (QED) is 0.806. The zero-order valence-corrected chi connectivity index (χ0v) is 18.1. The molecule has 2 aromatic rings. The minimum absolute atomic E-state index is 0.188. The number of sulfonamides is 1. The Labute approximate surface area is 171 Å². The van der Waals surface area contributed by atoms with Crippen LogP contribution in [0.3, 0.4) is 0 Å². The zero-order valence-electron chi connectivity index (χ0n) is 17.3.